The van der Waals surface area contributed by atoms with E-state index in [4.69, 9.17) is 4.74 Å². The Hall–Kier alpha value is -0.0800. The number of hydrogen-bond acceptors (Lipinski definition) is 3. The van der Waals surface area contributed by atoms with E-state index in [2.05, 4.69) is 34.4 Å². The van der Waals surface area contributed by atoms with Gasteiger partial charge in [-0.2, -0.15) is 0 Å². The summed E-state index contributed by atoms with van der Waals surface area (Å²) in [5.74, 6) is 1.68. The largest absolute Gasteiger partial charge is 0.383 e. The van der Waals surface area contributed by atoms with Crippen molar-refractivity contribution in [3.63, 3.8) is 0 Å². The van der Waals surface area contributed by atoms with Crippen molar-refractivity contribution >= 4 is 29.9 Å². The zero-order valence-electron chi connectivity index (χ0n) is 13.3. The van der Waals surface area contributed by atoms with Gasteiger partial charge in [-0.3, -0.25) is 9.89 Å². The molecule has 0 bridgehead atoms. The highest BCUT2D eigenvalue weighted by Crippen LogP contribution is 2.17. The van der Waals surface area contributed by atoms with Crippen LogP contribution in [0.1, 0.15) is 26.7 Å². The molecule has 1 rings (SSSR count). The Morgan fingerprint density at radius 1 is 1.45 bits per heavy atom. The number of rotatable bonds is 6. The molecule has 6 heteroatoms. The molecule has 0 amide bonds. The molecular formula is C14H31IN4O. The maximum atomic E-state index is 5.02. The summed E-state index contributed by atoms with van der Waals surface area (Å²) in [7, 11) is 3.51. The molecular weight excluding hydrogens is 367 g/mol. The molecule has 0 aromatic heterocycles. The highest BCUT2D eigenvalue weighted by Gasteiger charge is 2.20. The topological polar surface area (TPSA) is 48.9 Å². The quantitative estimate of drug-likeness (QED) is 0.309. The van der Waals surface area contributed by atoms with Crippen molar-refractivity contribution in [3.8, 4) is 0 Å². The van der Waals surface area contributed by atoms with Crippen molar-refractivity contribution < 1.29 is 4.74 Å². The Kier molecular flexibility index (Phi) is 11.5. The van der Waals surface area contributed by atoms with Gasteiger partial charge in [-0.05, 0) is 32.2 Å². The lowest BCUT2D eigenvalue weighted by Crippen LogP contribution is -2.48. The number of nitrogens with zero attached hydrogens (tertiary/aromatic N) is 2. The molecule has 0 radical (unpaired) electrons. The van der Waals surface area contributed by atoms with Crippen LogP contribution < -0.4 is 10.6 Å². The molecule has 0 spiro atoms. The van der Waals surface area contributed by atoms with E-state index >= 15 is 0 Å². The van der Waals surface area contributed by atoms with Gasteiger partial charge in [-0.15, -0.1) is 24.0 Å². The molecule has 0 aromatic carbocycles. The minimum absolute atomic E-state index is 0. The lowest BCUT2D eigenvalue weighted by molar-refractivity contribution is 0.139. The lowest BCUT2D eigenvalue weighted by Gasteiger charge is -2.35. The van der Waals surface area contributed by atoms with Crippen LogP contribution in [0.15, 0.2) is 4.99 Å². The van der Waals surface area contributed by atoms with Crippen molar-refractivity contribution in [1.82, 2.24) is 15.5 Å². The fraction of sp³-hybridized carbons (Fsp3) is 0.929. The van der Waals surface area contributed by atoms with Gasteiger partial charge in [0.25, 0.3) is 0 Å². The molecule has 1 aliphatic rings. The van der Waals surface area contributed by atoms with Crippen molar-refractivity contribution in [2.45, 2.75) is 32.7 Å². The first-order valence-corrected chi connectivity index (χ1v) is 7.34. The first-order valence-electron chi connectivity index (χ1n) is 7.34. The highest BCUT2D eigenvalue weighted by molar-refractivity contribution is 14.0. The number of ether oxygens (including phenoxy) is 1. The molecule has 1 saturated heterocycles. The zero-order chi connectivity index (χ0) is 14.1. The number of methoxy groups -OCH3 is 1. The highest BCUT2D eigenvalue weighted by atomic mass is 127. The minimum Gasteiger partial charge on any atom is -0.383 e. The number of aliphatic imine (C=N–C) groups is 1. The predicted molar refractivity (Wildman–Crippen MR) is 96.1 cm³/mol. The van der Waals surface area contributed by atoms with Crippen LogP contribution in [0.25, 0.3) is 0 Å². The average molecular weight is 398 g/mol. The Labute approximate surface area is 140 Å². The van der Waals surface area contributed by atoms with Gasteiger partial charge >= 0.3 is 0 Å². The maximum absolute atomic E-state index is 5.02. The number of halogens is 1. The molecule has 2 unspecified atom stereocenters. The summed E-state index contributed by atoms with van der Waals surface area (Å²) in [6, 6.07) is 0.545. The van der Waals surface area contributed by atoms with Gasteiger partial charge in [0.2, 0.25) is 0 Å². The van der Waals surface area contributed by atoms with Crippen molar-refractivity contribution in [2.24, 2.45) is 10.9 Å². The zero-order valence-corrected chi connectivity index (χ0v) is 15.6. The summed E-state index contributed by atoms with van der Waals surface area (Å²) >= 11 is 0. The van der Waals surface area contributed by atoms with Gasteiger partial charge < -0.3 is 15.4 Å². The number of nitrogens with one attached hydrogen (secondary N) is 2. The third kappa shape index (κ3) is 7.64. The fourth-order valence-corrected chi connectivity index (χ4v) is 2.49. The lowest BCUT2D eigenvalue weighted by atomic mass is 9.99. The molecule has 0 saturated carbocycles. The van der Waals surface area contributed by atoms with Crippen LogP contribution in [0.5, 0.6) is 0 Å². The van der Waals surface area contributed by atoms with Crippen LogP contribution in [-0.4, -0.2) is 63.8 Å². The van der Waals surface area contributed by atoms with Crippen LogP contribution in [0, 0.1) is 5.92 Å². The Balaban J connectivity index is 0.00000361. The molecule has 20 heavy (non-hydrogen) atoms. The second kappa shape index (κ2) is 11.6. The van der Waals surface area contributed by atoms with Gasteiger partial charge in [0.15, 0.2) is 5.96 Å². The fourth-order valence-electron chi connectivity index (χ4n) is 2.49. The van der Waals surface area contributed by atoms with E-state index in [1.54, 1.807) is 14.2 Å². The molecule has 2 N–H and O–H groups in total. The van der Waals surface area contributed by atoms with Gasteiger partial charge in [-0.1, -0.05) is 6.92 Å². The van der Waals surface area contributed by atoms with Crippen LogP contribution in [0.2, 0.25) is 0 Å². The molecule has 0 aromatic rings. The van der Waals surface area contributed by atoms with Gasteiger partial charge in [0.1, 0.15) is 0 Å². The van der Waals surface area contributed by atoms with Crippen molar-refractivity contribution in [2.75, 3.05) is 46.9 Å². The van der Waals surface area contributed by atoms with Crippen LogP contribution >= 0.6 is 24.0 Å². The Morgan fingerprint density at radius 2 is 2.20 bits per heavy atom. The predicted octanol–water partition coefficient (Wildman–Crippen LogP) is 1.54. The summed E-state index contributed by atoms with van der Waals surface area (Å²) in [4.78, 5) is 6.79. The average Bonchev–Trinajstić information content (AvgIpc) is 2.42. The third-order valence-corrected chi connectivity index (χ3v) is 3.70. The summed E-state index contributed by atoms with van der Waals surface area (Å²) < 4.78 is 5.02. The van der Waals surface area contributed by atoms with E-state index < -0.39 is 0 Å². The van der Waals surface area contributed by atoms with Crippen molar-refractivity contribution in [1.29, 1.82) is 0 Å². The van der Waals surface area contributed by atoms with E-state index in [0.29, 0.717) is 12.6 Å². The third-order valence-electron chi connectivity index (χ3n) is 3.70. The van der Waals surface area contributed by atoms with Gasteiger partial charge in [-0.25, -0.2) is 0 Å². The molecule has 1 fully saturated rings. The van der Waals surface area contributed by atoms with E-state index in [1.807, 2.05) is 0 Å². The van der Waals surface area contributed by atoms with Crippen LogP contribution in [0.4, 0.5) is 0 Å². The second-order valence-corrected chi connectivity index (χ2v) is 5.46. The van der Waals surface area contributed by atoms with Crippen molar-refractivity contribution in [3.05, 3.63) is 0 Å². The normalized spacial score (nSPS) is 22.0. The second-order valence-electron chi connectivity index (χ2n) is 5.46. The smallest absolute Gasteiger partial charge is 0.191 e. The number of likely N-dealkylation sites (tertiary alicyclic amines) is 1. The maximum Gasteiger partial charge on any atom is 0.191 e. The van der Waals surface area contributed by atoms with E-state index in [9.17, 15) is 0 Å². The van der Waals surface area contributed by atoms with E-state index in [1.165, 1.54) is 25.9 Å². The van der Waals surface area contributed by atoms with Crippen LogP contribution in [0.3, 0.4) is 0 Å². The molecule has 5 nitrogen and oxygen atoms in total. The number of guanidine groups is 1. The Bertz CT molecular complexity index is 276. The summed E-state index contributed by atoms with van der Waals surface area (Å²) in [6.45, 7) is 9.48. The summed E-state index contributed by atoms with van der Waals surface area (Å²) in [5.41, 5.74) is 0. The molecule has 1 aliphatic heterocycles. The SMILES string of the molecule is CN=C(NCCOC)NCC(C)N1CCCC(C)C1.I. The Morgan fingerprint density at radius 3 is 2.80 bits per heavy atom. The number of piperidine rings is 1. The van der Waals surface area contributed by atoms with Gasteiger partial charge in [0, 0.05) is 39.8 Å². The molecule has 0 aliphatic carbocycles. The first-order chi connectivity index (χ1) is 9.17. The van der Waals surface area contributed by atoms with E-state index in [0.717, 1.165) is 25.0 Å². The summed E-state index contributed by atoms with van der Waals surface area (Å²) in [6.07, 6.45) is 2.70. The molecule has 2 atom stereocenters. The summed E-state index contributed by atoms with van der Waals surface area (Å²) in [5, 5.41) is 6.61. The molecule has 120 valence electrons. The standard InChI is InChI=1S/C14H30N4O.HI/c1-12-6-5-8-18(11-12)13(2)10-17-14(15-3)16-7-9-19-4;/h12-13H,5-11H2,1-4H3,(H2,15,16,17);1H. The molecule has 1 heterocycles. The first kappa shape index (κ1) is 19.9. The number of hydrogen-bond donors (Lipinski definition) is 2. The van der Waals surface area contributed by atoms with Gasteiger partial charge in [0.05, 0.1) is 6.61 Å². The van der Waals surface area contributed by atoms with E-state index in [-0.39, 0.29) is 24.0 Å². The van der Waals surface area contributed by atoms with Crippen LogP contribution in [-0.2, 0) is 4.74 Å². The minimum atomic E-state index is 0. The monoisotopic (exact) mass is 398 g/mol.